The number of halogens is 1. The zero-order valence-corrected chi connectivity index (χ0v) is 16.5. The summed E-state index contributed by atoms with van der Waals surface area (Å²) in [6, 6.07) is 19.2. The number of amides is 1. The number of nitrogens with one attached hydrogen (secondary N) is 1. The van der Waals surface area contributed by atoms with Crippen LogP contribution in [-0.2, 0) is 4.79 Å². The van der Waals surface area contributed by atoms with Crippen molar-refractivity contribution in [1.82, 2.24) is 10.3 Å². The topological polar surface area (TPSA) is 51.2 Å². The molecular weight excluding hydrogens is 372 g/mol. The van der Waals surface area contributed by atoms with Gasteiger partial charge in [0.2, 0.25) is 11.8 Å². The van der Waals surface area contributed by atoms with E-state index in [2.05, 4.69) is 10.3 Å². The van der Waals surface area contributed by atoms with Crippen molar-refractivity contribution in [2.24, 2.45) is 0 Å². The van der Waals surface area contributed by atoms with Gasteiger partial charge in [0.15, 0.2) is 0 Å². The summed E-state index contributed by atoms with van der Waals surface area (Å²) in [5, 5.41) is 3.42. The molecule has 28 heavy (non-hydrogen) atoms. The zero-order valence-electron chi connectivity index (χ0n) is 15.7. The first kappa shape index (κ1) is 19.6. The maximum atomic E-state index is 11.0. The molecule has 4 nitrogen and oxygen atoms in total. The monoisotopic (exact) mass is 392 g/mol. The van der Waals surface area contributed by atoms with Gasteiger partial charge in [-0.15, -0.1) is 0 Å². The number of pyridine rings is 1. The highest BCUT2D eigenvalue weighted by atomic mass is 35.5. The normalized spacial score (nSPS) is 12.0. The molecular formula is C23H21ClN2O2. The standard InChI is InChI=1S/C23H21ClN2O2/c1-16(26-17(2)27)8-9-18-10-13-23(25-15-18)28-20-11-12-21(22(24)14-20)19-6-4-3-5-7-19/h3-16H,1-2H3,(H,26,27)/b9-8+/t16-/m0/s1. The summed E-state index contributed by atoms with van der Waals surface area (Å²) in [5.41, 5.74) is 2.93. The SMILES string of the molecule is CC(=O)N[C@@H](C)/C=C/c1ccc(Oc2ccc(-c3ccccc3)c(Cl)c2)nc1. The largest absolute Gasteiger partial charge is 0.439 e. The van der Waals surface area contributed by atoms with Crippen LogP contribution in [0.25, 0.3) is 17.2 Å². The van der Waals surface area contributed by atoms with Gasteiger partial charge >= 0.3 is 0 Å². The Kier molecular flexibility index (Phi) is 6.45. The first-order valence-electron chi connectivity index (χ1n) is 8.95. The Balaban J connectivity index is 1.66. The first-order chi connectivity index (χ1) is 13.5. The van der Waals surface area contributed by atoms with E-state index in [0.717, 1.165) is 16.7 Å². The molecule has 0 saturated heterocycles. The van der Waals surface area contributed by atoms with Crippen molar-refractivity contribution in [3.05, 3.63) is 83.5 Å². The number of ether oxygens (including phenoxy) is 1. The molecule has 0 unspecified atom stereocenters. The molecule has 3 aromatic rings. The molecule has 1 aromatic heterocycles. The van der Waals surface area contributed by atoms with Gasteiger partial charge in [-0.25, -0.2) is 4.98 Å². The maximum Gasteiger partial charge on any atom is 0.219 e. The minimum atomic E-state index is -0.0593. The van der Waals surface area contributed by atoms with E-state index >= 15 is 0 Å². The molecule has 0 fully saturated rings. The summed E-state index contributed by atoms with van der Waals surface area (Å²) in [4.78, 5) is 15.3. The van der Waals surface area contributed by atoms with E-state index in [1.54, 1.807) is 18.3 Å². The Morgan fingerprint density at radius 2 is 1.93 bits per heavy atom. The van der Waals surface area contributed by atoms with Crippen LogP contribution in [-0.4, -0.2) is 16.9 Å². The highest BCUT2D eigenvalue weighted by Gasteiger charge is 2.06. The lowest BCUT2D eigenvalue weighted by molar-refractivity contribution is -0.119. The van der Waals surface area contributed by atoms with Crippen molar-refractivity contribution >= 4 is 23.6 Å². The van der Waals surface area contributed by atoms with Gasteiger partial charge in [0.1, 0.15) is 5.75 Å². The minimum Gasteiger partial charge on any atom is -0.439 e. The molecule has 0 aliphatic rings. The van der Waals surface area contributed by atoms with Crippen molar-refractivity contribution < 1.29 is 9.53 Å². The van der Waals surface area contributed by atoms with Crippen LogP contribution in [0.5, 0.6) is 11.6 Å². The summed E-state index contributed by atoms with van der Waals surface area (Å²) in [6.07, 6.45) is 5.52. The maximum absolute atomic E-state index is 11.0. The summed E-state index contributed by atoms with van der Waals surface area (Å²) < 4.78 is 5.81. The highest BCUT2D eigenvalue weighted by molar-refractivity contribution is 6.33. The molecule has 0 aliphatic carbocycles. The van der Waals surface area contributed by atoms with Gasteiger partial charge < -0.3 is 10.1 Å². The molecule has 1 atom stereocenters. The van der Waals surface area contributed by atoms with Gasteiger partial charge in [0, 0.05) is 36.9 Å². The fourth-order valence-corrected chi connectivity index (χ4v) is 2.99. The molecule has 1 heterocycles. The van der Waals surface area contributed by atoms with Crippen LogP contribution in [0.15, 0.2) is 72.9 Å². The van der Waals surface area contributed by atoms with Crippen LogP contribution in [0.1, 0.15) is 19.4 Å². The number of hydrogen-bond acceptors (Lipinski definition) is 3. The summed E-state index contributed by atoms with van der Waals surface area (Å²) in [5.74, 6) is 1.05. The van der Waals surface area contributed by atoms with Gasteiger partial charge in [0.05, 0.1) is 5.02 Å². The Hall–Kier alpha value is -3.11. The number of hydrogen-bond donors (Lipinski definition) is 1. The number of benzene rings is 2. The minimum absolute atomic E-state index is 0.0429. The summed E-state index contributed by atoms with van der Waals surface area (Å²) in [6.45, 7) is 3.41. The predicted octanol–water partition coefficient (Wildman–Crippen LogP) is 5.73. The molecule has 0 aliphatic heterocycles. The van der Waals surface area contributed by atoms with Crippen molar-refractivity contribution in [3.8, 4) is 22.8 Å². The van der Waals surface area contributed by atoms with E-state index in [1.165, 1.54) is 6.92 Å². The highest BCUT2D eigenvalue weighted by Crippen LogP contribution is 2.32. The Labute approximate surface area is 169 Å². The fourth-order valence-electron chi connectivity index (χ4n) is 2.71. The lowest BCUT2D eigenvalue weighted by atomic mass is 10.1. The average Bonchev–Trinajstić information content (AvgIpc) is 2.68. The summed E-state index contributed by atoms with van der Waals surface area (Å²) >= 11 is 6.42. The second-order valence-electron chi connectivity index (χ2n) is 6.39. The molecule has 3 rings (SSSR count). The number of rotatable bonds is 6. The average molecular weight is 393 g/mol. The molecule has 2 aromatic carbocycles. The smallest absolute Gasteiger partial charge is 0.219 e. The second-order valence-corrected chi connectivity index (χ2v) is 6.80. The van der Waals surface area contributed by atoms with Gasteiger partial charge in [-0.3, -0.25) is 4.79 Å². The molecule has 0 spiro atoms. The number of aromatic nitrogens is 1. The lowest BCUT2D eigenvalue weighted by Gasteiger charge is -2.09. The summed E-state index contributed by atoms with van der Waals surface area (Å²) in [7, 11) is 0. The van der Waals surface area contributed by atoms with E-state index in [9.17, 15) is 4.79 Å². The zero-order chi connectivity index (χ0) is 19.9. The number of carbonyl (C=O) groups excluding carboxylic acids is 1. The molecule has 142 valence electrons. The van der Waals surface area contributed by atoms with E-state index in [0.29, 0.717) is 16.7 Å². The van der Waals surface area contributed by atoms with Gasteiger partial charge in [-0.2, -0.15) is 0 Å². The van der Waals surface area contributed by atoms with Crippen LogP contribution >= 0.6 is 11.6 Å². The van der Waals surface area contributed by atoms with Crippen molar-refractivity contribution in [2.75, 3.05) is 0 Å². The van der Waals surface area contributed by atoms with Crippen LogP contribution in [0.2, 0.25) is 5.02 Å². The van der Waals surface area contributed by atoms with E-state index < -0.39 is 0 Å². The van der Waals surface area contributed by atoms with Crippen molar-refractivity contribution in [3.63, 3.8) is 0 Å². The quantitative estimate of drug-likeness (QED) is 0.582. The third kappa shape index (κ3) is 5.44. The van der Waals surface area contributed by atoms with Gasteiger partial charge in [0.25, 0.3) is 0 Å². The van der Waals surface area contributed by atoms with Gasteiger partial charge in [-0.1, -0.05) is 54.1 Å². The molecule has 1 amide bonds. The van der Waals surface area contributed by atoms with E-state index in [4.69, 9.17) is 16.3 Å². The predicted molar refractivity (Wildman–Crippen MR) is 114 cm³/mol. The third-order valence-corrected chi connectivity index (χ3v) is 4.33. The second kappa shape index (κ2) is 9.20. The van der Waals surface area contributed by atoms with E-state index in [1.807, 2.05) is 67.6 Å². The Morgan fingerprint density at radius 1 is 1.14 bits per heavy atom. The number of carbonyl (C=O) groups is 1. The Bertz CT molecular complexity index is 970. The Morgan fingerprint density at radius 3 is 2.57 bits per heavy atom. The van der Waals surface area contributed by atoms with Crippen molar-refractivity contribution in [2.45, 2.75) is 19.9 Å². The molecule has 0 bridgehead atoms. The molecule has 0 saturated carbocycles. The third-order valence-electron chi connectivity index (χ3n) is 4.02. The van der Waals surface area contributed by atoms with Crippen LogP contribution in [0.4, 0.5) is 0 Å². The molecule has 0 radical (unpaired) electrons. The van der Waals surface area contributed by atoms with Gasteiger partial charge in [-0.05, 0) is 36.2 Å². The molecule has 1 N–H and O–H groups in total. The van der Waals surface area contributed by atoms with Crippen molar-refractivity contribution in [1.29, 1.82) is 0 Å². The first-order valence-corrected chi connectivity index (χ1v) is 9.33. The fraction of sp³-hybridized carbons (Fsp3) is 0.130. The number of nitrogens with zero attached hydrogens (tertiary/aromatic N) is 1. The van der Waals surface area contributed by atoms with E-state index in [-0.39, 0.29) is 11.9 Å². The van der Waals surface area contributed by atoms with Crippen LogP contribution in [0.3, 0.4) is 0 Å². The lowest BCUT2D eigenvalue weighted by Crippen LogP contribution is -2.28. The van der Waals surface area contributed by atoms with Crippen LogP contribution < -0.4 is 10.1 Å². The van der Waals surface area contributed by atoms with Crippen LogP contribution in [0, 0.1) is 0 Å². The molecule has 5 heteroatoms.